The summed E-state index contributed by atoms with van der Waals surface area (Å²) in [5, 5.41) is 2.27. The number of amides is 4. The van der Waals surface area contributed by atoms with Gasteiger partial charge in [0.1, 0.15) is 5.57 Å². The van der Waals surface area contributed by atoms with Gasteiger partial charge >= 0.3 is 12.0 Å². The summed E-state index contributed by atoms with van der Waals surface area (Å²) in [4.78, 5) is 51.7. The zero-order valence-electron chi connectivity index (χ0n) is 21.7. The molecule has 0 saturated carbocycles. The van der Waals surface area contributed by atoms with Crippen LogP contribution >= 0.6 is 0 Å². The number of anilines is 1. The van der Waals surface area contributed by atoms with Crippen molar-refractivity contribution in [2.24, 2.45) is 0 Å². The number of carbonyl (C=O) groups excluding carboxylic acids is 4. The number of nitrogens with zero attached hydrogens (tertiary/aromatic N) is 2. The highest BCUT2D eigenvalue weighted by molar-refractivity contribution is 6.39. The van der Waals surface area contributed by atoms with Crippen LogP contribution in [0.1, 0.15) is 53.6 Å². The highest BCUT2D eigenvalue weighted by atomic mass is 16.5. The number of ether oxygens (including phenoxy) is 1. The van der Waals surface area contributed by atoms with Crippen molar-refractivity contribution in [1.82, 2.24) is 9.88 Å². The maximum Gasteiger partial charge on any atom is 0.337 e. The molecule has 1 fully saturated rings. The molecular formula is C29H29N3O5. The van der Waals surface area contributed by atoms with Crippen LogP contribution < -0.4 is 10.2 Å². The number of hydrogen-bond donors (Lipinski definition) is 1. The van der Waals surface area contributed by atoms with Gasteiger partial charge < -0.3 is 9.30 Å². The monoisotopic (exact) mass is 499 g/mol. The summed E-state index contributed by atoms with van der Waals surface area (Å²) < 4.78 is 6.74. The van der Waals surface area contributed by atoms with Crippen molar-refractivity contribution < 1.29 is 23.9 Å². The van der Waals surface area contributed by atoms with Crippen molar-refractivity contribution in [3.8, 4) is 5.69 Å². The van der Waals surface area contributed by atoms with Crippen LogP contribution in [0.25, 0.3) is 11.8 Å². The summed E-state index contributed by atoms with van der Waals surface area (Å²) in [5.74, 6) is -1.90. The molecule has 0 atom stereocenters. The average Bonchev–Trinajstić information content (AvgIpc) is 3.13. The fourth-order valence-corrected chi connectivity index (χ4v) is 4.38. The molecule has 0 radical (unpaired) electrons. The molecule has 8 heteroatoms. The van der Waals surface area contributed by atoms with Crippen LogP contribution in [0, 0.1) is 13.8 Å². The molecule has 1 aliphatic heterocycles. The minimum absolute atomic E-state index is 0.0906. The minimum atomic E-state index is -0.791. The van der Waals surface area contributed by atoms with E-state index in [0.717, 1.165) is 27.5 Å². The van der Waals surface area contributed by atoms with Gasteiger partial charge in [0, 0.05) is 17.1 Å². The Morgan fingerprint density at radius 1 is 0.946 bits per heavy atom. The maximum absolute atomic E-state index is 13.4. The number of aryl methyl sites for hydroxylation is 1. The smallest absolute Gasteiger partial charge is 0.337 e. The number of hydrogen-bond acceptors (Lipinski definition) is 5. The second-order valence-electron chi connectivity index (χ2n) is 9.96. The molecule has 1 aliphatic rings. The molecular weight excluding hydrogens is 470 g/mol. The van der Waals surface area contributed by atoms with Gasteiger partial charge in [0.2, 0.25) is 0 Å². The van der Waals surface area contributed by atoms with E-state index in [-0.39, 0.29) is 11.0 Å². The SMILES string of the molecule is COC(=O)c1cccc(-n2c(C)cc(/C=C3\C(=O)NC(=O)N(c4ccc(C(C)(C)C)cc4)C3=O)c2C)c1. The van der Waals surface area contributed by atoms with Crippen LogP contribution in [0.5, 0.6) is 0 Å². The summed E-state index contributed by atoms with van der Waals surface area (Å²) in [7, 11) is 1.32. The zero-order chi connectivity index (χ0) is 27.1. The first-order valence-electron chi connectivity index (χ1n) is 11.8. The van der Waals surface area contributed by atoms with Crippen LogP contribution in [0.4, 0.5) is 10.5 Å². The fraction of sp³-hybridized carbons (Fsp3) is 0.241. The van der Waals surface area contributed by atoms with Gasteiger partial charge in [-0.15, -0.1) is 0 Å². The Hall–Kier alpha value is -4.46. The molecule has 0 spiro atoms. The van der Waals surface area contributed by atoms with Gasteiger partial charge in [-0.05, 0) is 72.9 Å². The van der Waals surface area contributed by atoms with Crippen LogP contribution in [-0.2, 0) is 19.7 Å². The molecule has 8 nitrogen and oxygen atoms in total. The predicted molar refractivity (Wildman–Crippen MR) is 141 cm³/mol. The van der Waals surface area contributed by atoms with Gasteiger partial charge in [0.05, 0.1) is 18.4 Å². The van der Waals surface area contributed by atoms with Crippen LogP contribution in [0.3, 0.4) is 0 Å². The number of esters is 1. The summed E-state index contributed by atoms with van der Waals surface area (Å²) in [5.41, 5.74) is 4.55. The molecule has 1 N–H and O–H groups in total. The maximum atomic E-state index is 13.4. The molecule has 3 aromatic rings. The number of barbiturate groups is 1. The third-order valence-electron chi connectivity index (χ3n) is 6.39. The highest BCUT2D eigenvalue weighted by Gasteiger charge is 2.37. The van der Waals surface area contributed by atoms with Crippen molar-refractivity contribution in [3.63, 3.8) is 0 Å². The Labute approximate surface area is 215 Å². The molecule has 2 aromatic carbocycles. The van der Waals surface area contributed by atoms with Gasteiger partial charge in [0.15, 0.2) is 0 Å². The lowest BCUT2D eigenvalue weighted by molar-refractivity contribution is -0.122. The largest absolute Gasteiger partial charge is 0.465 e. The third-order valence-corrected chi connectivity index (χ3v) is 6.39. The number of nitrogens with one attached hydrogen (secondary N) is 1. The summed E-state index contributed by atoms with van der Waals surface area (Å²) >= 11 is 0. The van der Waals surface area contributed by atoms with E-state index in [2.05, 4.69) is 26.1 Å². The van der Waals surface area contributed by atoms with Crippen LogP contribution in [0.2, 0.25) is 0 Å². The van der Waals surface area contributed by atoms with E-state index in [1.807, 2.05) is 42.7 Å². The normalized spacial score (nSPS) is 15.2. The first kappa shape index (κ1) is 25.6. The number of aromatic nitrogens is 1. The molecule has 37 heavy (non-hydrogen) atoms. The predicted octanol–water partition coefficient (Wildman–Crippen LogP) is 4.84. The number of methoxy groups -OCH3 is 1. The van der Waals surface area contributed by atoms with Crippen LogP contribution in [-0.4, -0.2) is 35.5 Å². The molecule has 1 aromatic heterocycles. The first-order chi connectivity index (χ1) is 17.4. The van der Waals surface area contributed by atoms with E-state index in [9.17, 15) is 19.2 Å². The standard InChI is InChI=1S/C29H29N3O5/c1-17-14-20(18(2)31(17)23-9-7-8-19(15-23)27(35)37-6)16-24-25(33)30-28(36)32(26(24)34)22-12-10-21(11-13-22)29(3,4)5/h7-16H,1-6H3,(H,30,33,36)/b24-16+. The number of benzene rings is 2. The van der Waals surface area contributed by atoms with E-state index in [1.165, 1.54) is 13.2 Å². The van der Waals surface area contributed by atoms with Gasteiger partial charge in [0.25, 0.3) is 11.8 Å². The summed E-state index contributed by atoms with van der Waals surface area (Å²) in [6.45, 7) is 9.95. The highest BCUT2D eigenvalue weighted by Crippen LogP contribution is 2.28. The molecule has 190 valence electrons. The Morgan fingerprint density at radius 2 is 1.62 bits per heavy atom. The van der Waals surface area contributed by atoms with E-state index < -0.39 is 23.8 Å². The third kappa shape index (κ3) is 4.82. The second kappa shape index (κ2) is 9.54. The molecule has 0 aliphatic carbocycles. The molecule has 2 heterocycles. The average molecular weight is 500 g/mol. The van der Waals surface area contributed by atoms with E-state index >= 15 is 0 Å². The van der Waals surface area contributed by atoms with Gasteiger partial charge in [-0.1, -0.05) is 39.0 Å². The lowest BCUT2D eigenvalue weighted by Crippen LogP contribution is -2.54. The summed E-state index contributed by atoms with van der Waals surface area (Å²) in [6.07, 6.45) is 1.49. The quantitative estimate of drug-likeness (QED) is 0.315. The number of rotatable bonds is 4. The van der Waals surface area contributed by atoms with Gasteiger partial charge in [-0.2, -0.15) is 0 Å². The Balaban J connectivity index is 1.72. The Kier molecular flexibility index (Phi) is 6.61. The van der Waals surface area contributed by atoms with Crippen LogP contribution in [0.15, 0.2) is 60.2 Å². The fourth-order valence-electron chi connectivity index (χ4n) is 4.38. The zero-order valence-corrected chi connectivity index (χ0v) is 21.7. The number of imide groups is 2. The molecule has 4 amide bonds. The molecule has 0 bridgehead atoms. The number of urea groups is 1. The van der Waals surface area contributed by atoms with Gasteiger partial charge in [-0.3, -0.25) is 14.9 Å². The first-order valence-corrected chi connectivity index (χ1v) is 11.8. The minimum Gasteiger partial charge on any atom is -0.465 e. The molecule has 4 rings (SSSR count). The molecule has 0 unspecified atom stereocenters. The van der Waals surface area contributed by atoms with Crippen molar-refractivity contribution in [1.29, 1.82) is 0 Å². The number of carbonyl (C=O) groups is 4. The molecule has 1 saturated heterocycles. The topological polar surface area (TPSA) is 97.7 Å². The van der Waals surface area contributed by atoms with Gasteiger partial charge in [-0.25, -0.2) is 14.5 Å². The Morgan fingerprint density at radius 3 is 2.24 bits per heavy atom. The van der Waals surface area contributed by atoms with E-state index in [0.29, 0.717) is 16.8 Å². The van der Waals surface area contributed by atoms with E-state index in [4.69, 9.17) is 4.74 Å². The lowest BCUT2D eigenvalue weighted by atomic mass is 9.87. The second-order valence-corrected chi connectivity index (χ2v) is 9.96. The van der Waals surface area contributed by atoms with Crippen molar-refractivity contribution in [3.05, 3.63) is 88.2 Å². The van der Waals surface area contributed by atoms with Crippen molar-refractivity contribution >= 4 is 35.6 Å². The van der Waals surface area contributed by atoms with E-state index in [1.54, 1.807) is 30.3 Å². The van der Waals surface area contributed by atoms with Crippen molar-refractivity contribution in [2.75, 3.05) is 12.0 Å². The summed E-state index contributed by atoms with van der Waals surface area (Å²) in [6, 6.07) is 15.2. The van der Waals surface area contributed by atoms with Crippen molar-refractivity contribution in [2.45, 2.75) is 40.0 Å². The lowest BCUT2D eigenvalue weighted by Gasteiger charge is -2.27. The Bertz CT molecular complexity index is 1460.